The van der Waals surface area contributed by atoms with Gasteiger partial charge in [0.2, 0.25) is 0 Å². The first-order valence-electron chi connectivity index (χ1n) is 9.66. The molecule has 0 aliphatic carbocycles. The van der Waals surface area contributed by atoms with Crippen LogP contribution in [0.5, 0.6) is 0 Å². The van der Waals surface area contributed by atoms with Gasteiger partial charge in [0.25, 0.3) is 17.4 Å². The molecule has 1 aliphatic rings. The van der Waals surface area contributed by atoms with Crippen molar-refractivity contribution in [2.45, 2.75) is 26.7 Å². The fourth-order valence-electron chi connectivity index (χ4n) is 3.72. The Kier molecular flexibility index (Phi) is 5.97. The van der Waals surface area contributed by atoms with Crippen LogP contribution < -0.4 is 10.9 Å². The number of rotatable bonds is 4. The predicted octanol–water partition coefficient (Wildman–Crippen LogP) is 2.28. The summed E-state index contributed by atoms with van der Waals surface area (Å²) in [6, 6.07) is 9.13. The molecule has 2 aromatic rings. The first-order valence-corrected chi connectivity index (χ1v) is 9.66. The largest absolute Gasteiger partial charge is 0.352 e. The van der Waals surface area contributed by atoms with Gasteiger partial charge in [0, 0.05) is 38.4 Å². The van der Waals surface area contributed by atoms with Gasteiger partial charge in [-0.25, -0.2) is 0 Å². The number of likely N-dealkylation sites (tertiary alicyclic amines) is 1. The van der Waals surface area contributed by atoms with E-state index in [9.17, 15) is 14.4 Å². The molecule has 1 saturated heterocycles. The van der Waals surface area contributed by atoms with Crippen LogP contribution in [-0.2, 0) is 7.05 Å². The van der Waals surface area contributed by atoms with Crippen molar-refractivity contribution in [2.24, 2.45) is 13.0 Å². The summed E-state index contributed by atoms with van der Waals surface area (Å²) in [5.41, 5.74) is 2.78. The molecule has 3 rings (SSSR count). The maximum atomic E-state index is 12.6. The van der Waals surface area contributed by atoms with Gasteiger partial charge in [0.05, 0.1) is 0 Å². The third kappa shape index (κ3) is 4.50. The van der Waals surface area contributed by atoms with E-state index in [1.54, 1.807) is 30.3 Å². The van der Waals surface area contributed by atoms with Crippen molar-refractivity contribution < 1.29 is 9.59 Å². The average molecular weight is 381 g/mol. The molecule has 28 heavy (non-hydrogen) atoms. The van der Waals surface area contributed by atoms with Gasteiger partial charge >= 0.3 is 0 Å². The zero-order valence-corrected chi connectivity index (χ0v) is 16.7. The molecule has 1 aromatic heterocycles. The van der Waals surface area contributed by atoms with Crippen LogP contribution in [-0.4, -0.2) is 40.9 Å². The van der Waals surface area contributed by atoms with Crippen molar-refractivity contribution in [3.05, 3.63) is 69.1 Å². The van der Waals surface area contributed by atoms with E-state index < -0.39 is 0 Å². The minimum absolute atomic E-state index is 0.0573. The Labute approximate surface area is 165 Å². The third-order valence-corrected chi connectivity index (χ3v) is 5.29. The predicted molar refractivity (Wildman–Crippen MR) is 109 cm³/mol. The molecule has 6 nitrogen and oxygen atoms in total. The second kappa shape index (κ2) is 8.42. The maximum Gasteiger partial charge on any atom is 0.263 e. The van der Waals surface area contributed by atoms with Crippen LogP contribution in [0.3, 0.4) is 0 Å². The number of nitrogens with zero attached hydrogens (tertiary/aromatic N) is 2. The van der Waals surface area contributed by atoms with Gasteiger partial charge in [-0.15, -0.1) is 0 Å². The van der Waals surface area contributed by atoms with E-state index in [0.717, 1.165) is 24.0 Å². The van der Waals surface area contributed by atoms with E-state index >= 15 is 0 Å². The highest BCUT2D eigenvalue weighted by molar-refractivity contribution is 5.95. The number of carbonyl (C=O) groups is 2. The normalized spacial score (nSPS) is 14.8. The van der Waals surface area contributed by atoms with Crippen molar-refractivity contribution in [1.29, 1.82) is 0 Å². The number of pyridine rings is 1. The van der Waals surface area contributed by atoms with Crippen molar-refractivity contribution in [3.63, 3.8) is 0 Å². The van der Waals surface area contributed by atoms with Crippen LogP contribution in [0, 0.1) is 19.8 Å². The smallest absolute Gasteiger partial charge is 0.263 e. The molecule has 0 atom stereocenters. The number of aromatic nitrogens is 1. The Bertz CT molecular complexity index is 920. The summed E-state index contributed by atoms with van der Waals surface area (Å²) >= 11 is 0. The number of nitrogens with one attached hydrogen (secondary N) is 1. The SMILES string of the molecule is Cc1cc(C)cc(C(=O)NCC2CCN(C(=O)c3cccn(C)c3=O)CC2)c1. The summed E-state index contributed by atoms with van der Waals surface area (Å²) in [7, 11) is 1.64. The second-order valence-electron chi connectivity index (χ2n) is 7.66. The first kappa shape index (κ1) is 19.9. The first-order chi connectivity index (χ1) is 13.3. The zero-order chi connectivity index (χ0) is 20.3. The lowest BCUT2D eigenvalue weighted by Crippen LogP contribution is -2.43. The number of hydrogen-bond donors (Lipinski definition) is 1. The van der Waals surface area contributed by atoms with Crippen molar-refractivity contribution in [3.8, 4) is 0 Å². The molecule has 0 saturated carbocycles. The van der Waals surface area contributed by atoms with Gasteiger partial charge in [-0.05, 0) is 56.9 Å². The number of hydrogen-bond acceptors (Lipinski definition) is 3. The minimum atomic E-state index is -0.268. The number of benzene rings is 1. The van der Waals surface area contributed by atoms with E-state index in [0.29, 0.717) is 31.1 Å². The van der Waals surface area contributed by atoms with Crippen LogP contribution in [0.1, 0.15) is 44.7 Å². The van der Waals surface area contributed by atoms with Crippen LogP contribution in [0.25, 0.3) is 0 Å². The molecule has 0 radical (unpaired) electrons. The molecule has 1 aliphatic heterocycles. The lowest BCUT2D eigenvalue weighted by atomic mass is 9.96. The fraction of sp³-hybridized carbons (Fsp3) is 0.409. The highest BCUT2D eigenvalue weighted by atomic mass is 16.2. The van der Waals surface area contributed by atoms with Crippen LogP contribution in [0.4, 0.5) is 0 Å². The summed E-state index contributed by atoms with van der Waals surface area (Å²) in [6.07, 6.45) is 3.27. The summed E-state index contributed by atoms with van der Waals surface area (Å²) in [5.74, 6) is 0.0644. The standard InChI is InChI=1S/C22H27N3O3/c1-15-11-16(2)13-18(12-15)20(26)23-14-17-6-9-25(10-7-17)22(28)19-5-4-8-24(3)21(19)27/h4-5,8,11-13,17H,6-7,9-10,14H2,1-3H3,(H,23,26). The molecule has 6 heteroatoms. The summed E-state index contributed by atoms with van der Waals surface area (Å²) in [5, 5.41) is 3.02. The minimum Gasteiger partial charge on any atom is -0.352 e. The average Bonchev–Trinajstić information content (AvgIpc) is 2.67. The molecule has 148 valence electrons. The molecule has 0 bridgehead atoms. The van der Waals surface area contributed by atoms with E-state index in [2.05, 4.69) is 5.32 Å². The Morgan fingerprint density at radius 2 is 1.75 bits per heavy atom. The Balaban J connectivity index is 1.53. The molecular formula is C22H27N3O3. The van der Waals surface area contributed by atoms with Crippen molar-refractivity contribution in [2.75, 3.05) is 19.6 Å². The summed E-state index contributed by atoms with van der Waals surface area (Å²) in [6.45, 7) is 5.76. The number of amides is 2. The zero-order valence-electron chi connectivity index (χ0n) is 16.7. The van der Waals surface area contributed by atoms with Crippen molar-refractivity contribution >= 4 is 11.8 Å². The highest BCUT2D eigenvalue weighted by Crippen LogP contribution is 2.18. The Morgan fingerprint density at radius 3 is 2.39 bits per heavy atom. The highest BCUT2D eigenvalue weighted by Gasteiger charge is 2.25. The Hall–Kier alpha value is -2.89. The van der Waals surface area contributed by atoms with Crippen LogP contribution >= 0.6 is 0 Å². The molecule has 2 amide bonds. The maximum absolute atomic E-state index is 12.6. The lowest BCUT2D eigenvalue weighted by molar-refractivity contribution is 0.0682. The van der Waals surface area contributed by atoms with E-state index in [1.165, 1.54) is 4.57 Å². The van der Waals surface area contributed by atoms with Gasteiger partial charge in [-0.2, -0.15) is 0 Å². The molecule has 1 aromatic carbocycles. The summed E-state index contributed by atoms with van der Waals surface area (Å²) < 4.78 is 1.42. The Morgan fingerprint density at radius 1 is 1.11 bits per heavy atom. The topological polar surface area (TPSA) is 71.4 Å². The van der Waals surface area contributed by atoms with Gasteiger partial charge < -0.3 is 14.8 Å². The van der Waals surface area contributed by atoms with Crippen molar-refractivity contribution in [1.82, 2.24) is 14.8 Å². The fourth-order valence-corrected chi connectivity index (χ4v) is 3.72. The number of piperidine rings is 1. The second-order valence-corrected chi connectivity index (χ2v) is 7.66. The number of carbonyl (C=O) groups excluding carboxylic acids is 2. The number of aryl methyl sites for hydroxylation is 3. The van der Waals surface area contributed by atoms with Gasteiger partial charge in [-0.1, -0.05) is 17.2 Å². The quantitative estimate of drug-likeness (QED) is 0.883. The molecule has 0 spiro atoms. The van der Waals surface area contributed by atoms with E-state index in [4.69, 9.17) is 0 Å². The van der Waals surface area contributed by atoms with Gasteiger partial charge in [0.15, 0.2) is 0 Å². The molecule has 1 fully saturated rings. The van der Waals surface area contributed by atoms with Gasteiger partial charge in [-0.3, -0.25) is 14.4 Å². The molecule has 2 heterocycles. The lowest BCUT2D eigenvalue weighted by Gasteiger charge is -2.32. The van der Waals surface area contributed by atoms with Gasteiger partial charge in [0.1, 0.15) is 5.56 Å². The van der Waals surface area contributed by atoms with Crippen LogP contribution in [0.15, 0.2) is 41.3 Å². The monoisotopic (exact) mass is 381 g/mol. The molecule has 1 N–H and O–H groups in total. The van der Waals surface area contributed by atoms with E-state index in [-0.39, 0.29) is 22.9 Å². The molecule has 0 unspecified atom stereocenters. The van der Waals surface area contributed by atoms with E-state index in [1.807, 2.05) is 32.0 Å². The van der Waals surface area contributed by atoms with Crippen LogP contribution in [0.2, 0.25) is 0 Å². The molecular weight excluding hydrogens is 354 g/mol. The third-order valence-electron chi connectivity index (χ3n) is 5.29. The summed E-state index contributed by atoms with van der Waals surface area (Å²) in [4.78, 5) is 38.9.